The van der Waals surface area contributed by atoms with Gasteiger partial charge in [-0.15, -0.1) is 0 Å². The molecule has 2 fully saturated rings. The van der Waals surface area contributed by atoms with E-state index in [2.05, 4.69) is 12.1 Å². The lowest BCUT2D eigenvalue weighted by Crippen LogP contribution is -2.62. The van der Waals surface area contributed by atoms with Crippen molar-refractivity contribution in [2.75, 3.05) is 13.1 Å². The summed E-state index contributed by atoms with van der Waals surface area (Å²) in [5, 5.41) is 0. The van der Waals surface area contributed by atoms with Crippen LogP contribution in [0.2, 0.25) is 0 Å². The van der Waals surface area contributed by atoms with E-state index in [0.717, 1.165) is 12.8 Å². The Hall–Kier alpha value is -2.43. The minimum atomic E-state index is -0.178. The molecule has 2 aliphatic heterocycles. The van der Waals surface area contributed by atoms with Gasteiger partial charge in [0.05, 0.1) is 17.9 Å². The minimum absolute atomic E-state index is 0.0365. The maximum Gasteiger partial charge on any atom is 0.233 e. The van der Waals surface area contributed by atoms with Gasteiger partial charge in [-0.05, 0) is 31.2 Å². The van der Waals surface area contributed by atoms with Crippen molar-refractivity contribution < 1.29 is 14.4 Å². The zero-order chi connectivity index (χ0) is 18.1. The highest BCUT2D eigenvalue weighted by molar-refractivity contribution is 6.06. The summed E-state index contributed by atoms with van der Waals surface area (Å²) in [5.74, 6) is -0.308. The van der Waals surface area contributed by atoms with E-state index in [1.807, 2.05) is 30.4 Å². The summed E-state index contributed by atoms with van der Waals surface area (Å²) in [6.07, 6.45) is 7.56. The Morgan fingerprint density at radius 2 is 1.58 bits per heavy atom. The molecule has 0 radical (unpaired) electrons. The number of carbonyl (C=O) groups is 3. The number of hydrogen-bond acceptors (Lipinski definition) is 3. The van der Waals surface area contributed by atoms with Crippen molar-refractivity contribution in [2.24, 2.45) is 11.8 Å². The normalized spacial score (nSPS) is 25.4. The molecule has 0 spiro atoms. The summed E-state index contributed by atoms with van der Waals surface area (Å²) in [4.78, 5) is 40.7. The van der Waals surface area contributed by atoms with Gasteiger partial charge in [0.2, 0.25) is 17.7 Å². The maximum absolute atomic E-state index is 12.6. The highest BCUT2D eigenvalue weighted by Gasteiger charge is 2.52. The van der Waals surface area contributed by atoms with Gasteiger partial charge in [-0.1, -0.05) is 42.5 Å². The molecule has 1 aromatic rings. The second-order valence-corrected chi connectivity index (χ2v) is 7.49. The van der Waals surface area contributed by atoms with Crippen molar-refractivity contribution >= 4 is 17.7 Å². The average Bonchev–Trinajstić information content (AvgIpc) is 2.87. The van der Waals surface area contributed by atoms with Crippen LogP contribution in [0.3, 0.4) is 0 Å². The molecule has 26 heavy (non-hydrogen) atoms. The first-order chi connectivity index (χ1) is 12.6. The summed E-state index contributed by atoms with van der Waals surface area (Å²) >= 11 is 0. The Morgan fingerprint density at radius 1 is 0.962 bits per heavy atom. The molecular weight excluding hydrogens is 328 g/mol. The molecule has 2 heterocycles. The summed E-state index contributed by atoms with van der Waals surface area (Å²) in [6, 6.07) is 10.0. The number of amides is 3. The van der Waals surface area contributed by atoms with Gasteiger partial charge in [0.15, 0.2) is 0 Å². The molecular formula is C21H24N2O3. The predicted octanol–water partition coefficient (Wildman–Crippen LogP) is 2.17. The standard InChI is InChI=1S/C21H24N2O3/c24-19(12-6-9-15-7-2-1-3-8-15)22-13-16(14-22)23-20(25)17-10-4-5-11-18(17)21(23)26/h1-5,7-8,16-18H,6,9-14H2. The predicted molar refractivity (Wildman–Crippen MR) is 97.0 cm³/mol. The fourth-order valence-electron chi connectivity index (χ4n) is 4.25. The van der Waals surface area contributed by atoms with E-state index in [4.69, 9.17) is 0 Å². The van der Waals surface area contributed by atoms with Gasteiger partial charge < -0.3 is 4.90 Å². The topological polar surface area (TPSA) is 57.7 Å². The molecule has 5 heteroatoms. The third-order valence-corrected chi connectivity index (χ3v) is 5.82. The molecule has 2 atom stereocenters. The van der Waals surface area contributed by atoms with E-state index in [1.54, 1.807) is 4.90 Å². The minimum Gasteiger partial charge on any atom is -0.338 e. The monoisotopic (exact) mass is 352 g/mol. The lowest BCUT2D eigenvalue weighted by atomic mass is 9.85. The SMILES string of the molecule is O=C(CCCc1ccccc1)N1CC(N2C(=O)C3CC=CCC3C2=O)C1. The Kier molecular flexibility index (Phi) is 4.62. The Balaban J connectivity index is 1.25. The smallest absolute Gasteiger partial charge is 0.233 e. The number of benzene rings is 1. The lowest BCUT2D eigenvalue weighted by Gasteiger charge is -2.43. The number of allylic oxidation sites excluding steroid dienone is 2. The lowest BCUT2D eigenvalue weighted by molar-refractivity contribution is -0.152. The van der Waals surface area contributed by atoms with Crippen LogP contribution in [-0.4, -0.2) is 46.7 Å². The first-order valence-corrected chi connectivity index (χ1v) is 9.49. The molecule has 0 aromatic heterocycles. The van der Waals surface area contributed by atoms with Crippen LogP contribution in [0, 0.1) is 11.8 Å². The summed E-state index contributed by atoms with van der Waals surface area (Å²) in [5.41, 5.74) is 1.24. The van der Waals surface area contributed by atoms with Crippen molar-refractivity contribution in [1.29, 1.82) is 0 Å². The molecule has 3 amide bonds. The van der Waals surface area contributed by atoms with Crippen LogP contribution in [0.4, 0.5) is 0 Å². The van der Waals surface area contributed by atoms with Crippen LogP contribution >= 0.6 is 0 Å². The van der Waals surface area contributed by atoms with Gasteiger partial charge in [-0.3, -0.25) is 19.3 Å². The Labute approximate surface area is 153 Å². The van der Waals surface area contributed by atoms with E-state index >= 15 is 0 Å². The van der Waals surface area contributed by atoms with E-state index < -0.39 is 0 Å². The van der Waals surface area contributed by atoms with Crippen molar-refractivity contribution in [3.05, 3.63) is 48.0 Å². The van der Waals surface area contributed by atoms with Crippen molar-refractivity contribution in [1.82, 2.24) is 9.80 Å². The van der Waals surface area contributed by atoms with Gasteiger partial charge in [0, 0.05) is 19.5 Å². The first kappa shape index (κ1) is 17.0. The fraction of sp³-hybridized carbons (Fsp3) is 0.476. The Bertz CT molecular complexity index is 711. The molecule has 136 valence electrons. The van der Waals surface area contributed by atoms with Crippen molar-refractivity contribution in [3.8, 4) is 0 Å². The molecule has 0 bridgehead atoms. The van der Waals surface area contributed by atoms with Gasteiger partial charge in [0.1, 0.15) is 0 Å². The molecule has 0 N–H and O–H groups in total. The molecule has 3 aliphatic rings. The average molecular weight is 352 g/mol. The fourth-order valence-corrected chi connectivity index (χ4v) is 4.25. The zero-order valence-corrected chi connectivity index (χ0v) is 14.8. The molecule has 2 saturated heterocycles. The zero-order valence-electron chi connectivity index (χ0n) is 14.8. The molecule has 1 aromatic carbocycles. The number of nitrogens with zero attached hydrogens (tertiary/aromatic N) is 2. The molecule has 2 unspecified atom stereocenters. The highest BCUT2D eigenvalue weighted by atomic mass is 16.2. The van der Waals surface area contributed by atoms with Gasteiger partial charge in [0.25, 0.3) is 0 Å². The quantitative estimate of drug-likeness (QED) is 0.603. The maximum atomic E-state index is 12.6. The van der Waals surface area contributed by atoms with E-state index in [0.29, 0.717) is 32.4 Å². The third-order valence-electron chi connectivity index (χ3n) is 5.82. The number of fused-ring (bicyclic) bond motifs is 1. The largest absolute Gasteiger partial charge is 0.338 e. The highest BCUT2D eigenvalue weighted by Crippen LogP contribution is 2.37. The van der Waals surface area contributed by atoms with Crippen LogP contribution in [0.25, 0.3) is 0 Å². The number of imide groups is 1. The van der Waals surface area contributed by atoms with Crippen LogP contribution in [0.1, 0.15) is 31.2 Å². The van der Waals surface area contributed by atoms with Gasteiger partial charge in [-0.2, -0.15) is 0 Å². The molecule has 4 rings (SSSR count). The second-order valence-electron chi connectivity index (χ2n) is 7.49. The number of rotatable bonds is 5. The van der Waals surface area contributed by atoms with Crippen molar-refractivity contribution in [2.45, 2.75) is 38.1 Å². The van der Waals surface area contributed by atoms with Crippen LogP contribution < -0.4 is 0 Å². The van der Waals surface area contributed by atoms with E-state index in [9.17, 15) is 14.4 Å². The molecule has 1 aliphatic carbocycles. The number of likely N-dealkylation sites (tertiary alicyclic amines) is 2. The van der Waals surface area contributed by atoms with Crippen LogP contribution in [-0.2, 0) is 20.8 Å². The number of aryl methyl sites for hydroxylation is 1. The summed E-state index contributed by atoms with van der Waals surface area (Å²) < 4.78 is 0. The first-order valence-electron chi connectivity index (χ1n) is 9.49. The van der Waals surface area contributed by atoms with Gasteiger partial charge >= 0.3 is 0 Å². The molecule has 5 nitrogen and oxygen atoms in total. The molecule has 0 saturated carbocycles. The van der Waals surface area contributed by atoms with E-state index in [-0.39, 0.29) is 35.6 Å². The van der Waals surface area contributed by atoms with Crippen LogP contribution in [0.5, 0.6) is 0 Å². The number of hydrogen-bond donors (Lipinski definition) is 0. The van der Waals surface area contributed by atoms with Crippen molar-refractivity contribution in [3.63, 3.8) is 0 Å². The van der Waals surface area contributed by atoms with E-state index in [1.165, 1.54) is 10.5 Å². The summed E-state index contributed by atoms with van der Waals surface area (Å²) in [7, 11) is 0. The number of carbonyl (C=O) groups excluding carboxylic acids is 3. The third kappa shape index (κ3) is 3.06. The second kappa shape index (κ2) is 7.06. The van der Waals surface area contributed by atoms with Gasteiger partial charge in [-0.25, -0.2) is 0 Å². The summed E-state index contributed by atoms with van der Waals surface area (Å²) in [6.45, 7) is 0.989. The Morgan fingerprint density at radius 3 is 2.19 bits per heavy atom. The van der Waals surface area contributed by atoms with Crippen LogP contribution in [0.15, 0.2) is 42.5 Å².